The van der Waals surface area contributed by atoms with E-state index in [0.29, 0.717) is 11.8 Å². The van der Waals surface area contributed by atoms with E-state index in [2.05, 4.69) is 17.0 Å². The number of halogens is 1. The number of nitrogens with zero attached hydrogens (tertiary/aromatic N) is 3. The van der Waals surface area contributed by atoms with Crippen molar-refractivity contribution in [2.75, 3.05) is 6.61 Å². The number of hydrogen-bond acceptors (Lipinski definition) is 3. The monoisotopic (exact) mass is 251 g/mol. The van der Waals surface area contributed by atoms with E-state index < -0.39 is 0 Å². The third-order valence-electron chi connectivity index (χ3n) is 3.01. The molecule has 2 aromatic heterocycles. The largest absolute Gasteiger partial charge is 0.376 e. The molecular weight excluding hydrogens is 238 g/mol. The van der Waals surface area contributed by atoms with Gasteiger partial charge in [-0.1, -0.05) is 24.9 Å². The van der Waals surface area contributed by atoms with Crippen molar-refractivity contribution >= 4 is 17.2 Å². The van der Waals surface area contributed by atoms with E-state index in [4.69, 9.17) is 16.3 Å². The van der Waals surface area contributed by atoms with E-state index in [0.717, 1.165) is 48.5 Å². The lowest BCUT2D eigenvalue weighted by atomic mass is 10.1. The summed E-state index contributed by atoms with van der Waals surface area (Å²) < 4.78 is 7.14. The summed E-state index contributed by atoms with van der Waals surface area (Å²) in [5.41, 5.74) is 3.93. The summed E-state index contributed by atoms with van der Waals surface area (Å²) in [6.45, 7) is 3.40. The molecule has 1 aliphatic rings. The molecule has 17 heavy (non-hydrogen) atoms. The van der Waals surface area contributed by atoms with Gasteiger partial charge in [-0.15, -0.1) is 0 Å². The van der Waals surface area contributed by atoms with Gasteiger partial charge in [0.25, 0.3) is 0 Å². The van der Waals surface area contributed by atoms with E-state index in [1.165, 1.54) is 0 Å². The van der Waals surface area contributed by atoms with Crippen LogP contribution in [0.15, 0.2) is 6.07 Å². The number of rotatable bonds is 2. The lowest BCUT2D eigenvalue weighted by molar-refractivity contribution is 0.109. The fourth-order valence-electron chi connectivity index (χ4n) is 2.17. The zero-order valence-corrected chi connectivity index (χ0v) is 10.5. The van der Waals surface area contributed by atoms with Gasteiger partial charge in [0.05, 0.1) is 24.6 Å². The molecule has 2 aromatic rings. The molecule has 0 spiro atoms. The summed E-state index contributed by atoms with van der Waals surface area (Å²) in [4.78, 5) is 4.62. The van der Waals surface area contributed by atoms with Crippen molar-refractivity contribution in [3.8, 4) is 0 Å². The third-order valence-corrected chi connectivity index (χ3v) is 3.40. The van der Waals surface area contributed by atoms with E-state index >= 15 is 0 Å². The third kappa shape index (κ3) is 1.81. The Hall–Kier alpha value is -1.13. The SMILES string of the molecule is CCCc1cc2nc3c(c(Cl)n2n1)COCC3. The normalized spacial score (nSPS) is 15.2. The summed E-state index contributed by atoms with van der Waals surface area (Å²) in [5, 5.41) is 5.12. The Balaban J connectivity index is 2.18. The van der Waals surface area contributed by atoms with Crippen LogP contribution in [0.1, 0.15) is 30.3 Å². The quantitative estimate of drug-likeness (QED) is 0.770. The Morgan fingerprint density at radius 1 is 1.53 bits per heavy atom. The van der Waals surface area contributed by atoms with Gasteiger partial charge < -0.3 is 4.74 Å². The average molecular weight is 252 g/mol. The standard InChI is InChI=1S/C12H14ClN3O/c1-2-3-8-6-11-14-10-4-5-17-7-9(10)12(13)16(11)15-8/h6H,2-5,7H2,1H3. The highest BCUT2D eigenvalue weighted by Gasteiger charge is 2.18. The Morgan fingerprint density at radius 3 is 3.24 bits per heavy atom. The molecule has 0 bridgehead atoms. The molecule has 0 N–H and O–H groups in total. The van der Waals surface area contributed by atoms with Crippen LogP contribution in [0.4, 0.5) is 0 Å². The molecule has 0 amide bonds. The second-order valence-corrected chi connectivity index (χ2v) is 4.64. The number of aromatic nitrogens is 3. The Labute approximate surface area is 105 Å². The van der Waals surface area contributed by atoms with Crippen LogP contribution in [0.25, 0.3) is 5.65 Å². The van der Waals surface area contributed by atoms with Crippen molar-refractivity contribution in [3.05, 3.63) is 28.2 Å². The van der Waals surface area contributed by atoms with Crippen molar-refractivity contribution in [1.29, 1.82) is 0 Å². The van der Waals surface area contributed by atoms with Crippen LogP contribution in [-0.2, 0) is 24.2 Å². The molecule has 0 saturated heterocycles. The van der Waals surface area contributed by atoms with Gasteiger partial charge in [-0.05, 0) is 6.42 Å². The average Bonchev–Trinajstić information content (AvgIpc) is 2.73. The first-order valence-corrected chi connectivity index (χ1v) is 6.31. The molecule has 0 aliphatic carbocycles. The highest BCUT2D eigenvalue weighted by atomic mass is 35.5. The fourth-order valence-corrected chi connectivity index (χ4v) is 2.45. The molecule has 0 unspecified atom stereocenters. The molecule has 3 heterocycles. The van der Waals surface area contributed by atoms with Crippen molar-refractivity contribution < 1.29 is 4.74 Å². The molecule has 0 atom stereocenters. The first-order chi connectivity index (χ1) is 8.29. The minimum Gasteiger partial charge on any atom is -0.376 e. The second-order valence-electron chi connectivity index (χ2n) is 4.29. The maximum atomic E-state index is 6.35. The highest BCUT2D eigenvalue weighted by Crippen LogP contribution is 2.25. The molecule has 4 nitrogen and oxygen atoms in total. The predicted octanol–water partition coefficient (Wildman–Crippen LogP) is 2.41. The van der Waals surface area contributed by atoms with Crippen molar-refractivity contribution in [2.24, 2.45) is 0 Å². The van der Waals surface area contributed by atoms with Crippen molar-refractivity contribution in [2.45, 2.75) is 32.8 Å². The van der Waals surface area contributed by atoms with E-state index in [1.807, 2.05) is 6.07 Å². The van der Waals surface area contributed by atoms with Gasteiger partial charge in [0.2, 0.25) is 0 Å². The minimum atomic E-state index is 0.542. The molecule has 3 rings (SSSR count). The second kappa shape index (κ2) is 4.27. The molecule has 1 aliphatic heterocycles. The Morgan fingerprint density at radius 2 is 2.41 bits per heavy atom. The zero-order chi connectivity index (χ0) is 11.8. The van der Waals surface area contributed by atoms with Crippen LogP contribution in [0.2, 0.25) is 5.15 Å². The van der Waals surface area contributed by atoms with Gasteiger partial charge in [-0.3, -0.25) is 0 Å². The summed E-state index contributed by atoms with van der Waals surface area (Å²) in [5.74, 6) is 0. The van der Waals surface area contributed by atoms with E-state index in [-0.39, 0.29) is 0 Å². The summed E-state index contributed by atoms with van der Waals surface area (Å²) >= 11 is 6.35. The highest BCUT2D eigenvalue weighted by molar-refractivity contribution is 6.30. The van der Waals surface area contributed by atoms with E-state index in [1.54, 1.807) is 4.52 Å². The summed E-state index contributed by atoms with van der Waals surface area (Å²) in [7, 11) is 0. The van der Waals surface area contributed by atoms with Crippen LogP contribution in [0.3, 0.4) is 0 Å². The van der Waals surface area contributed by atoms with Gasteiger partial charge in [0, 0.05) is 18.1 Å². The number of aryl methyl sites for hydroxylation is 1. The minimum absolute atomic E-state index is 0.542. The topological polar surface area (TPSA) is 39.4 Å². The number of hydrogen-bond donors (Lipinski definition) is 0. The molecule has 0 saturated carbocycles. The maximum Gasteiger partial charge on any atom is 0.157 e. The van der Waals surface area contributed by atoms with Crippen LogP contribution in [-0.4, -0.2) is 21.2 Å². The van der Waals surface area contributed by atoms with Gasteiger partial charge in [0.1, 0.15) is 5.15 Å². The van der Waals surface area contributed by atoms with Gasteiger partial charge in [0.15, 0.2) is 5.65 Å². The first-order valence-electron chi connectivity index (χ1n) is 5.93. The van der Waals surface area contributed by atoms with Crippen molar-refractivity contribution in [3.63, 3.8) is 0 Å². The molecule has 5 heteroatoms. The van der Waals surface area contributed by atoms with Crippen LogP contribution < -0.4 is 0 Å². The lowest BCUT2D eigenvalue weighted by Gasteiger charge is -2.16. The Bertz CT molecular complexity index is 564. The molecule has 0 radical (unpaired) electrons. The van der Waals surface area contributed by atoms with Gasteiger partial charge in [-0.2, -0.15) is 5.10 Å². The van der Waals surface area contributed by atoms with Crippen LogP contribution in [0, 0.1) is 0 Å². The molecule has 0 fully saturated rings. The van der Waals surface area contributed by atoms with Crippen LogP contribution >= 0.6 is 11.6 Å². The smallest absolute Gasteiger partial charge is 0.157 e. The first kappa shape index (κ1) is 11.0. The number of fused-ring (bicyclic) bond motifs is 2. The number of ether oxygens (including phenoxy) is 1. The Kier molecular flexibility index (Phi) is 2.76. The lowest BCUT2D eigenvalue weighted by Crippen LogP contribution is -2.14. The van der Waals surface area contributed by atoms with Gasteiger partial charge >= 0.3 is 0 Å². The van der Waals surface area contributed by atoms with E-state index in [9.17, 15) is 0 Å². The summed E-state index contributed by atoms with van der Waals surface area (Å²) in [6, 6.07) is 2.02. The summed E-state index contributed by atoms with van der Waals surface area (Å²) in [6.07, 6.45) is 2.87. The molecule has 90 valence electrons. The van der Waals surface area contributed by atoms with Gasteiger partial charge in [-0.25, -0.2) is 9.50 Å². The molecule has 0 aromatic carbocycles. The fraction of sp³-hybridized carbons (Fsp3) is 0.500. The maximum absolute atomic E-state index is 6.35. The predicted molar refractivity (Wildman–Crippen MR) is 65.4 cm³/mol. The zero-order valence-electron chi connectivity index (χ0n) is 9.74. The van der Waals surface area contributed by atoms with Crippen molar-refractivity contribution in [1.82, 2.24) is 14.6 Å². The molecular formula is C12H14ClN3O. The van der Waals surface area contributed by atoms with Crippen LogP contribution in [0.5, 0.6) is 0 Å².